The van der Waals surface area contributed by atoms with Crippen molar-refractivity contribution < 1.29 is 14.3 Å². The molecule has 6 nitrogen and oxygen atoms in total. The minimum atomic E-state index is -0.340. The largest absolute Gasteiger partial charge is 0.368 e. The lowest BCUT2D eigenvalue weighted by Gasteiger charge is -2.21. The third kappa shape index (κ3) is 4.30. The van der Waals surface area contributed by atoms with Gasteiger partial charge in [-0.25, -0.2) is 0 Å². The predicted octanol–water partition coefficient (Wildman–Crippen LogP) is 1.74. The molecule has 1 aromatic rings. The number of benzene rings is 1. The molecule has 0 spiro atoms. The van der Waals surface area contributed by atoms with Crippen LogP contribution in [0, 0.1) is 5.92 Å². The summed E-state index contributed by atoms with van der Waals surface area (Å²) in [6.45, 7) is 2.38. The molecule has 2 unspecified atom stereocenters. The first kappa shape index (κ1) is 16.0. The van der Waals surface area contributed by atoms with Crippen molar-refractivity contribution in [3.63, 3.8) is 0 Å². The Kier molecular flexibility index (Phi) is 5.25. The number of carbonyl (C=O) groups excluding carboxylic acids is 2. The van der Waals surface area contributed by atoms with Crippen molar-refractivity contribution in [2.75, 3.05) is 30.3 Å². The van der Waals surface area contributed by atoms with Gasteiger partial charge in [0, 0.05) is 24.5 Å². The monoisotopic (exact) mass is 317 g/mol. The van der Waals surface area contributed by atoms with Gasteiger partial charge in [-0.2, -0.15) is 0 Å². The average Bonchev–Trinajstić information content (AvgIpc) is 3.12. The van der Waals surface area contributed by atoms with Crippen LogP contribution in [0.4, 0.5) is 11.4 Å². The van der Waals surface area contributed by atoms with Crippen LogP contribution in [0.15, 0.2) is 24.3 Å². The van der Waals surface area contributed by atoms with Gasteiger partial charge in [0.15, 0.2) is 0 Å². The molecule has 0 aliphatic carbocycles. The van der Waals surface area contributed by atoms with Crippen molar-refractivity contribution in [3.8, 4) is 0 Å². The van der Waals surface area contributed by atoms with E-state index in [1.807, 2.05) is 0 Å². The first-order valence-electron chi connectivity index (χ1n) is 8.26. The van der Waals surface area contributed by atoms with Gasteiger partial charge < -0.3 is 20.7 Å². The lowest BCUT2D eigenvalue weighted by Crippen LogP contribution is -2.37. The van der Waals surface area contributed by atoms with E-state index < -0.39 is 0 Å². The van der Waals surface area contributed by atoms with E-state index in [9.17, 15) is 9.59 Å². The van der Waals surface area contributed by atoms with Gasteiger partial charge in [-0.3, -0.25) is 9.59 Å². The molecule has 23 heavy (non-hydrogen) atoms. The Morgan fingerprint density at radius 2 is 1.70 bits per heavy atom. The highest BCUT2D eigenvalue weighted by molar-refractivity contribution is 5.95. The second kappa shape index (κ2) is 7.57. The Balaban J connectivity index is 1.52. The van der Waals surface area contributed by atoms with E-state index in [4.69, 9.17) is 4.74 Å². The first-order chi connectivity index (χ1) is 11.2. The zero-order valence-corrected chi connectivity index (χ0v) is 13.1. The van der Waals surface area contributed by atoms with E-state index in [0.29, 0.717) is 12.3 Å². The highest BCUT2D eigenvalue weighted by atomic mass is 16.5. The zero-order valence-electron chi connectivity index (χ0n) is 13.1. The topological polar surface area (TPSA) is 79.5 Å². The van der Waals surface area contributed by atoms with Gasteiger partial charge in [0.05, 0.1) is 5.92 Å². The van der Waals surface area contributed by atoms with Gasteiger partial charge in [-0.05, 0) is 56.5 Å². The Morgan fingerprint density at radius 1 is 1.00 bits per heavy atom. The Morgan fingerprint density at radius 3 is 2.26 bits per heavy atom. The third-order valence-electron chi connectivity index (χ3n) is 4.31. The van der Waals surface area contributed by atoms with Gasteiger partial charge in [0.2, 0.25) is 5.91 Å². The molecular weight excluding hydrogens is 294 g/mol. The number of carbonyl (C=O) groups is 2. The molecule has 1 aromatic carbocycles. The molecule has 2 fully saturated rings. The number of hydrogen-bond donors (Lipinski definition) is 3. The zero-order chi connectivity index (χ0) is 16.1. The molecule has 0 bridgehead atoms. The van der Waals surface area contributed by atoms with Crippen molar-refractivity contribution in [3.05, 3.63) is 24.3 Å². The molecule has 2 aliphatic heterocycles. The van der Waals surface area contributed by atoms with Crippen LogP contribution in [0.3, 0.4) is 0 Å². The molecule has 0 radical (unpaired) electrons. The summed E-state index contributed by atoms with van der Waals surface area (Å²) in [5.74, 6) is -0.0245. The van der Waals surface area contributed by atoms with Crippen molar-refractivity contribution in [2.45, 2.75) is 31.8 Å². The fraction of sp³-hybridized carbons (Fsp3) is 0.529. The Labute approximate surface area is 136 Å². The molecule has 6 heteroatoms. The predicted molar refractivity (Wildman–Crippen MR) is 88.3 cm³/mol. The van der Waals surface area contributed by atoms with Crippen LogP contribution in [0.2, 0.25) is 0 Å². The summed E-state index contributed by atoms with van der Waals surface area (Å²) in [4.78, 5) is 24.1. The van der Waals surface area contributed by atoms with E-state index in [1.165, 1.54) is 0 Å². The van der Waals surface area contributed by atoms with Crippen LogP contribution in [0.25, 0.3) is 0 Å². The fourth-order valence-electron chi connectivity index (χ4n) is 2.96. The number of nitrogens with one attached hydrogen (secondary N) is 3. The van der Waals surface area contributed by atoms with E-state index in [0.717, 1.165) is 44.5 Å². The van der Waals surface area contributed by atoms with Crippen LogP contribution in [-0.2, 0) is 14.3 Å². The van der Waals surface area contributed by atoms with E-state index in [1.54, 1.807) is 24.3 Å². The van der Waals surface area contributed by atoms with Crippen LogP contribution in [0.1, 0.15) is 25.7 Å². The summed E-state index contributed by atoms with van der Waals surface area (Å²) in [5, 5.41) is 9.01. The highest BCUT2D eigenvalue weighted by Gasteiger charge is 2.23. The van der Waals surface area contributed by atoms with Crippen LogP contribution < -0.4 is 16.0 Å². The summed E-state index contributed by atoms with van der Waals surface area (Å²) in [5.41, 5.74) is 1.46. The molecule has 0 saturated carbocycles. The molecule has 3 N–H and O–H groups in total. The van der Waals surface area contributed by atoms with Gasteiger partial charge in [0.25, 0.3) is 5.91 Å². The number of amides is 2. The molecule has 0 aromatic heterocycles. The van der Waals surface area contributed by atoms with Crippen LogP contribution >= 0.6 is 0 Å². The standard InChI is InChI=1S/C17H23N3O3/c21-16(12-3-1-9-18-11-12)19-13-5-7-14(8-6-13)20-17(22)15-4-2-10-23-15/h5-8,12,15,18H,1-4,9-11H2,(H,19,21)(H,20,22). The molecule has 2 aliphatic rings. The molecule has 124 valence electrons. The molecule has 2 atom stereocenters. The minimum Gasteiger partial charge on any atom is -0.368 e. The molecule has 2 heterocycles. The second-order valence-corrected chi connectivity index (χ2v) is 6.10. The molecule has 2 saturated heterocycles. The first-order valence-corrected chi connectivity index (χ1v) is 8.26. The third-order valence-corrected chi connectivity index (χ3v) is 4.31. The van der Waals surface area contributed by atoms with Crippen LogP contribution in [-0.4, -0.2) is 37.6 Å². The summed E-state index contributed by atoms with van der Waals surface area (Å²) in [7, 11) is 0. The van der Waals surface area contributed by atoms with E-state index >= 15 is 0 Å². The molecule has 3 rings (SSSR count). The van der Waals surface area contributed by atoms with Crippen molar-refractivity contribution >= 4 is 23.2 Å². The van der Waals surface area contributed by atoms with Gasteiger partial charge in [0.1, 0.15) is 6.10 Å². The number of rotatable bonds is 4. The van der Waals surface area contributed by atoms with Gasteiger partial charge in [-0.15, -0.1) is 0 Å². The lowest BCUT2D eigenvalue weighted by molar-refractivity contribution is -0.124. The maximum absolute atomic E-state index is 12.2. The van der Waals surface area contributed by atoms with Crippen LogP contribution in [0.5, 0.6) is 0 Å². The summed E-state index contributed by atoms with van der Waals surface area (Å²) in [6, 6.07) is 7.20. The molecule has 2 amide bonds. The highest BCUT2D eigenvalue weighted by Crippen LogP contribution is 2.18. The van der Waals surface area contributed by atoms with Gasteiger partial charge >= 0.3 is 0 Å². The minimum absolute atomic E-state index is 0.0302. The van der Waals surface area contributed by atoms with Crippen molar-refractivity contribution in [1.29, 1.82) is 0 Å². The number of piperidine rings is 1. The fourth-order valence-corrected chi connectivity index (χ4v) is 2.96. The second-order valence-electron chi connectivity index (χ2n) is 6.10. The maximum atomic E-state index is 12.2. The summed E-state index contributed by atoms with van der Waals surface area (Å²) < 4.78 is 5.36. The van der Waals surface area contributed by atoms with Crippen molar-refractivity contribution in [2.24, 2.45) is 5.92 Å². The number of hydrogen-bond acceptors (Lipinski definition) is 4. The maximum Gasteiger partial charge on any atom is 0.253 e. The summed E-state index contributed by atoms with van der Waals surface area (Å²) >= 11 is 0. The quantitative estimate of drug-likeness (QED) is 0.790. The average molecular weight is 317 g/mol. The number of ether oxygens (including phenoxy) is 1. The van der Waals surface area contributed by atoms with E-state index in [2.05, 4.69) is 16.0 Å². The van der Waals surface area contributed by atoms with Crippen molar-refractivity contribution in [1.82, 2.24) is 5.32 Å². The Bertz CT molecular complexity index is 547. The SMILES string of the molecule is O=C(Nc1ccc(NC(=O)C2CCCO2)cc1)C1CCCNC1. The Hall–Kier alpha value is -1.92. The smallest absolute Gasteiger partial charge is 0.253 e. The van der Waals surface area contributed by atoms with E-state index in [-0.39, 0.29) is 23.8 Å². The lowest BCUT2D eigenvalue weighted by atomic mass is 9.99. The normalized spacial score (nSPS) is 24.2. The van der Waals surface area contributed by atoms with Gasteiger partial charge in [-0.1, -0.05) is 0 Å². The molecular formula is C17H23N3O3. The number of anilines is 2. The summed E-state index contributed by atoms with van der Waals surface area (Å²) in [6.07, 6.45) is 3.32.